The van der Waals surface area contributed by atoms with Gasteiger partial charge in [0.1, 0.15) is 24.4 Å². The summed E-state index contributed by atoms with van der Waals surface area (Å²) in [6, 6.07) is 30.1. The average molecular weight is 885 g/mol. The summed E-state index contributed by atoms with van der Waals surface area (Å²) in [4.78, 5) is 30.7. The molecule has 2 aliphatic carbocycles. The summed E-state index contributed by atoms with van der Waals surface area (Å²) < 4.78 is 12.8. The number of carbonyl (C=O) groups excluding carboxylic acids is 2. The highest BCUT2D eigenvalue weighted by Crippen LogP contribution is 2.47. The second-order valence-corrected chi connectivity index (χ2v) is 17.5. The first-order chi connectivity index (χ1) is 28.1. The second kappa shape index (κ2) is 21.1. The Morgan fingerprint density at radius 2 is 0.898 bits per heavy atom. The maximum Gasteiger partial charge on any atom is 0.252 e. The zero-order chi connectivity index (χ0) is 40.8. The van der Waals surface area contributed by atoms with Crippen molar-refractivity contribution in [2.24, 2.45) is 11.8 Å². The highest BCUT2D eigenvalue weighted by molar-refractivity contribution is 6.31. The molecule has 4 fully saturated rings. The largest absolute Gasteiger partial charge is 0.396 e. The lowest BCUT2D eigenvalue weighted by Crippen LogP contribution is -2.51. The Morgan fingerprint density at radius 3 is 1.22 bits per heavy atom. The van der Waals surface area contributed by atoms with Crippen molar-refractivity contribution in [3.05, 3.63) is 139 Å². The van der Waals surface area contributed by atoms with Crippen LogP contribution in [0.25, 0.3) is 0 Å². The van der Waals surface area contributed by atoms with Crippen molar-refractivity contribution in [2.75, 3.05) is 26.3 Å². The number of morpholine rings is 2. The number of carbonyl (C=O) groups is 2. The molecule has 4 aliphatic rings. The average Bonchev–Trinajstić information content (AvgIpc) is 4.17. The topological polar surface area (TPSA) is 99.5 Å². The molecule has 2 heterocycles. The zero-order valence-electron chi connectivity index (χ0n) is 32.3. The summed E-state index contributed by atoms with van der Waals surface area (Å²) in [5.74, 6) is 1.10. The normalized spacial score (nSPS) is 24.3. The molecule has 0 bridgehead atoms. The van der Waals surface area contributed by atoms with E-state index in [-0.39, 0.29) is 56.7 Å². The van der Waals surface area contributed by atoms with Gasteiger partial charge in [0.25, 0.3) is 11.8 Å². The van der Waals surface area contributed by atoms with Crippen molar-refractivity contribution in [1.82, 2.24) is 9.80 Å². The lowest BCUT2D eigenvalue weighted by molar-refractivity contribution is -0.176. The molecule has 2 aliphatic heterocycles. The molecular formula is C47H54Cl4N2O6. The summed E-state index contributed by atoms with van der Waals surface area (Å²) in [6.07, 6.45) is 4.88. The van der Waals surface area contributed by atoms with Crippen molar-refractivity contribution in [2.45, 2.75) is 95.3 Å². The van der Waals surface area contributed by atoms with Crippen LogP contribution in [0.2, 0.25) is 20.1 Å². The van der Waals surface area contributed by atoms with Crippen molar-refractivity contribution in [3.8, 4) is 0 Å². The number of hydrogen-bond donors (Lipinski definition) is 2. The predicted molar refractivity (Wildman–Crippen MR) is 235 cm³/mol. The van der Waals surface area contributed by atoms with E-state index in [2.05, 4.69) is 0 Å². The maximum absolute atomic E-state index is 13.4. The third-order valence-corrected chi connectivity index (χ3v) is 12.3. The lowest BCUT2D eigenvalue weighted by Gasteiger charge is -2.45. The standard InChI is InChI=1S/2C23H25Cl2NO3.CH4/c2*24-18-10-8-16(9-11-18)21-22(17-3-1-4-19(25)13-17)29-20(5-2-12-27)23(28)26(21)14-15-6-7-15;/h2*1,3-4,8-11,13,15,20-22,27H,2,5-7,12,14H2;1H4/t20-,21?,22-;20-,21+,22-;/m10./s1. The smallest absolute Gasteiger partial charge is 0.252 e. The highest BCUT2D eigenvalue weighted by atomic mass is 35.5. The van der Waals surface area contributed by atoms with Crippen LogP contribution in [0, 0.1) is 11.8 Å². The van der Waals surface area contributed by atoms with Gasteiger partial charge in [0.2, 0.25) is 0 Å². The second-order valence-electron chi connectivity index (χ2n) is 15.8. The van der Waals surface area contributed by atoms with Crippen LogP contribution in [-0.4, -0.2) is 70.3 Å². The molecule has 12 heteroatoms. The van der Waals surface area contributed by atoms with Gasteiger partial charge in [0.15, 0.2) is 0 Å². The molecule has 59 heavy (non-hydrogen) atoms. The molecule has 316 valence electrons. The van der Waals surface area contributed by atoms with E-state index in [0.717, 1.165) is 61.0 Å². The fraction of sp³-hybridized carbons (Fsp3) is 0.447. The molecule has 1 unspecified atom stereocenters. The molecule has 8 nitrogen and oxygen atoms in total. The number of amides is 2. The predicted octanol–water partition coefficient (Wildman–Crippen LogP) is 11.0. The van der Waals surface area contributed by atoms with Crippen LogP contribution in [0.1, 0.15) is 105 Å². The summed E-state index contributed by atoms with van der Waals surface area (Å²) >= 11 is 24.8. The first-order valence-electron chi connectivity index (χ1n) is 20.3. The Bertz CT molecular complexity index is 1850. The molecular weight excluding hydrogens is 830 g/mol. The summed E-state index contributed by atoms with van der Waals surface area (Å²) in [6.45, 7) is 1.53. The van der Waals surface area contributed by atoms with Crippen LogP contribution in [0.4, 0.5) is 0 Å². The fourth-order valence-electron chi connectivity index (χ4n) is 8.01. The van der Waals surface area contributed by atoms with Gasteiger partial charge < -0.3 is 29.5 Å². The van der Waals surface area contributed by atoms with E-state index >= 15 is 0 Å². The van der Waals surface area contributed by atoms with Crippen LogP contribution < -0.4 is 0 Å². The molecule has 2 N–H and O–H groups in total. The first kappa shape index (κ1) is 45.3. The van der Waals surface area contributed by atoms with E-state index in [1.807, 2.05) is 107 Å². The van der Waals surface area contributed by atoms with Gasteiger partial charge in [-0.2, -0.15) is 0 Å². The van der Waals surface area contributed by atoms with Crippen LogP contribution in [0.5, 0.6) is 0 Å². The van der Waals surface area contributed by atoms with Gasteiger partial charge in [-0.05, 0) is 134 Å². The number of nitrogens with zero attached hydrogens (tertiary/aromatic N) is 2. The number of aliphatic hydroxyl groups is 2. The molecule has 6 atom stereocenters. The number of halogens is 4. The van der Waals surface area contributed by atoms with Crippen molar-refractivity contribution in [3.63, 3.8) is 0 Å². The van der Waals surface area contributed by atoms with E-state index in [1.54, 1.807) is 0 Å². The minimum atomic E-state index is -0.562. The van der Waals surface area contributed by atoms with Crippen molar-refractivity contribution < 1.29 is 29.3 Å². The first-order valence-corrected chi connectivity index (χ1v) is 21.8. The molecule has 4 aromatic carbocycles. The third kappa shape index (κ3) is 11.6. The number of aliphatic hydroxyl groups excluding tert-OH is 2. The summed E-state index contributed by atoms with van der Waals surface area (Å²) in [5, 5.41) is 21.1. The SMILES string of the molecule is C.O=C1[C@@H](CCCO)O[C@H](c2cccc(Cl)c2)C(c2ccc(Cl)cc2)N1CC1CC1.O=C1[C@H](CCCO)O[C@@H](c2cccc(Cl)c2)[C@@H](c2ccc(Cl)cc2)N1CC1CC1. The molecule has 2 saturated carbocycles. The number of ether oxygens (including phenoxy) is 2. The molecule has 4 aromatic rings. The molecule has 0 aromatic heterocycles. The van der Waals surface area contributed by atoms with E-state index in [9.17, 15) is 19.8 Å². The maximum atomic E-state index is 13.4. The van der Waals surface area contributed by atoms with Crippen molar-refractivity contribution in [1.29, 1.82) is 0 Å². The summed E-state index contributed by atoms with van der Waals surface area (Å²) in [7, 11) is 0. The van der Waals surface area contributed by atoms with Gasteiger partial charge in [-0.25, -0.2) is 0 Å². The Hall–Kier alpha value is -3.18. The monoisotopic (exact) mass is 882 g/mol. The molecule has 0 radical (unpaired) electrons. The Balaban J connectivity index is 0.000000195. The van der Waals surface area contributed by atoms with Gasteiger partial charge in [0.05, 0.1) is 12.1 Å². The zero-order valence-corrected chi connectivity index (χ0v) is 35.3. The minimum Gasteiger partial charge on any atom is -0.396 e. The van der Waals surface area contributed by atoms with E-state index in [4.69, 9.17) is 55.9 Å². The van der Waals surface area contributed by atoms with Crippen LogP contribution in [0.15, 0.2) is 97.1 Å². The van der Waals surface area contributed by atoms with Gasteiger partial charge >= 0.3 is 0 Å². The van der Waals surface area contributed by atoms with E-state index in [1.165, 1.54) is 0 Å². The van der Waals surface area contributed by atoms with Crippen LogP contribution >= 0.6 is 46.4 Å². The lowest BCUT2D eigenvalue weighted by atomic mass is 9.90. The Kier molecular flexibility index (Phi) is 16.2. The highest BCUT2D eigenvalue weighted by Gasteiger charge is 2.47. The Labute approximate surface area is 368 Å². The van der Waals surface area contributed by atoms with Gasteiger partial charge in [-0.1, -0.05) is 102 Å². The quantitative estimate of drug-likeness (QED) is 0.131. The van der Waals surface area contributed by atoms with Gasteiger partial charge in [-0.3, -0.25) is 9.59 Å². The fourth-order valence-corrected chi connectivity index (χ4v) is 8.66. The Morgan fingerprint density at radius 1 is 0.525 bits per heavy atom. The van der Waals surface area contributed by atoms with Crippen LogP contribution in [0.3, 0.4) is 0 Å². The van der Waals surface area contributed by atoms with Crippen LogP contribution in [-0.2, 0) is 19.1 Å². The molecule has 0 spiro atoms. The minimum absolute atomic E-state index is 0. The van der Waals surface area contributed by atoms with E-state index < -0.39 is 12.2 Å². The summed E-state index contributed by atoms with van der Waals surface area (Å²) in [5.41, 5.74) is 3.88. The van der Waals surface area contributed by atoms with Gasteiger partial charge in [-0.15, -0.1) is 0 Å². The van der Waals surface area contributed by atoms with Gasteiger partial charge in [0, 0.05) is 46.4 Å². The van der Waals surface area contributed by atoms with Crippen molar-refractivity contribution >= 4 is 58.2 Å². The number of rotatable bonds is 14. The number of hydrogen-bond acceptors (Lipinski definition) is 6. The molecule has 2 amide bonds. The number of benzene rings is 4. The molecule has 2 saturated heterocycles. The van der Waals surface area contributed by atoms with E-state index in [0.29, 0.717) is 57.6 Å². The molecule has 8 rings (SSSR count). The third-order valence-electron chi connectivity index (χ3n) is 11.3.